The van der Waals surface area contributed by atoms with Crippen LogP contribution in [0.1, 0.15) is 31.5 Å². The van der Waals surface area contributed by atoms with Gasteiger partial charge in [-0.2, -0.15) is 0 Å². The van der Waals surface area contributed by atoms with Gasteiger partial charge in [0.05, 0.1) is 12.3 Å². The summed E-state index contributed by atoms with van der Waals surface area (Å²) in [6.45, 7) is 2.59. The zero-order chi connectivity index (χ0) is 13.9. The third kappa shape index (κ3) is 2.82. The summed E-state index contributed by atoms with van der Waals surface area (Å²) in [5, 5.41) is 3.27. The highest BCUT2D eigenvalue weighted by Gasteiger charge is 2.27. The SMILES string of the molecule is CCOc1ccccc1Nc1cc(N)nc(C2CC2)n1. The van der Waals surface area contributed by atoms with Crippen molar-refractivity contribution in [2.24, 2.45) is 0 Å². The quantitative estimate of drug-likeness (QED) is 0.873. The van der Waals surface area contributed by atoms with Crippen molar-refractivity contribution in [1.29, 1.82) is 0 Å². The fraction of sp³-hybridized carbons (Fsp3) is 0.333. The largest absolute Gasteiger partial charge is 0.492 e. The molecule has 5 heteroatoms. The molecule has 1 aliphatic carbocycles. The van der Waals surface area contributed by atoms with E-state index < -0.39 is 0 Å². The first kappa shape index (κ1) is 12.7. The van der Waals surface area contributed by atoms with Crippen LogP contribution in [0.5, 0.6) is 5.75 Å². The van der Waals surface area contributed by atoms with Gasteiger partial charge in [0, 0.05) is 12.0 Å². The third-order valence-electron chi connectivity index (χ3n) is 3.16. The molecule has 0 unspecified atom stereocenters. The maximum absolute atomic E-state index is 5.85. The van der Waals surface area contributed by atoms with E-state index >= 15 is 0 Å². The van der Waals surface area contributed by atoms with Gasteiger partial charge in [-0.25, -0.2) is 9.97 Å². The van der Waals surface area contributed by atoms with Crippen LogP contribution >= 0.6 is 0 Å². The fourth-order valence-electron chi connectivity index (χ4n) is 2.06. The van der Waals surface area contributed by atoms with Crippen molar-refractivity contribution in [3.8, 4) is 5.75 Å². The normalized spacial score (nSPS) is 14.1. The molecule has 1 aliphatic rings. The number of nitrogens with zero attached hydrogens (tertiary/aromatic N) is 2. The van der Waals surface area contributed by atoms with Crippen molar-refractivity contribution in [3.63, 3.8) is 0 Å². The Balaban J connectivity index is 1.87. The molecule has 1 aromatic heterocycles. The van der Waals surface area contributed by atoms with E-state index in [-0.39, 0.29) is 0 Å². The number of hydrogen-bond acceptors (Lipinski definition) is 5. The number of ether oxygens (including phenoxy) is 1. The van der Waals surface area contributed by atoms with Gasteiger partial charge in [0.25, 0.3) is 0 Å². The Hall–Kier alpha value is -2.30. The standard InChI is InChI=1S/C15H18N4O/c1-2-20-12-6-4-3-5-11(12)17-14-9-13(16)18-15(19-14)10-7-8-10/h3-6,9-10H,2,7-8H2,1H3,(H3,16,17,18,19). The second kappa shape index (κ2) is 5.36. The molecule has 3 N–H and O–H groups in total. The van der Waals surface area contributed by atoms with Gasteiger partial charge in [-0.15, -0.1) is 0 Å². The van der Waals surface area contributed by atoms with Crippen LogP contribution in [0.4, 0.5) is 17.3 Å². The number of nitrogens with two attached hydrogens (primary N) is 1. The molecule has 1 fully saturated rings. The molecule has 3 rings (SSSR count). The van der Waals surface area contributed by atoms with Crippen LogP contribution in [0, 0.1) is 0 Å². The zero-order valence-corrected chi connectivity index (χ0v) is 11.5. The van der Waals surface area contributed by atoms with Crippen molar-refractivity contribution in [2.75, 3.05) is 17.7 Å². The lowest BCUT2D eigenvalue weighted by Crippen LogP contribution is -2.04. The van der Waals surface area contributed by atoms with Gasteiger partial charge in [0.2, 0.25) is 0 Å². The third-order valence-corrected chi connectivity index (χ3v) is 3.16. The first-order valence-electron chi connectivity index (χ1n) is 6.89. The van der Waals surface area contributed by atoms with Crippen molar-refractivity contribution in [3.05, 3.63) is 36.2 Å². The number of para-hydroxylation sites is 2. The van der Waals surface area contributed by atoms with E-state index in [4.69, 9.17) is 10.5 Å². The summed E-state index contributed by atoms with van der Waals surface area (Å²) >= 11 is 0. The number of anilines is 3. The number of aromatic nitrogens is 2. The number of rotatable bonds is 5. The second-order valence-corrected chi connectivity index (χ2v) is 4.86. The highest BCUT2D eigenvalue weighted by molar-refractivity contribution is 5.65. The number of hydrogen-bond donors (Lipinski definition) is 2. The van der Waals surface area contributed by atoms with Crippen molar-refractivity contribution < 1.29 is 4.74 Å². The molecule has 2 aromatic rings. The smallest absolute Gasteiger partial charge is 0.142 e. The Bertz CT molecular complexity index is 611. The van der Waals surface area contributed by atoms with Gasteiger partial charge in [0.15, 0.2) is 0 Å². The molecular weight excluding hydrogens is 252 g/mol. The summed E-state index contributed by atoms with van der Waals surface area (Å²) in [6, 6.07) is 9.53. The molecule has 0 bridgehead atoms. The molecule has 0 aliphatic heterocycles. The maximum atomic E-state index is 5.85. The minimum absolute atomic E-state index is 0.473. The summed E-state index contributed by atoms with van der Waals surface area (Å²) in [4.78, 5) is 8.83. The minimum atomic E-state index is 0.473. The molecule has 0 spiro atoms. The molecule has 1 heterocycles. The monoisotopic (exact) mass is 270 g/mol. The van der Waals surface area contributed by atoms with Gasteiger partial charge in [-0.05, 0) is 31.9 Å². The topological polar surface area (TPSA) is 73.1 Å². The predicted molar refractivity (Wildman–Crippen MR) is 79.3 cm³/mol. The van der Waals surface area contributed by atoms with E-state index in [1.54, 1.807) is 6.07 Å². The number of benzene rings is 1. The lowest BCUT2D eigenvalue weighted by molar-refractivity contribution is 0.342. The molecule has 20 heavy (non-hydrogen) atoms. The Morgan fingerprint density at radius 2 is 2.10 bits per heavy atom. The van der Waals surface area contributed by atoms with Gasteiger partial charge in [-0.1, -0.05) is 12.1 Å². The highest BCUT2D eigenvalue weighted by Crippen LogP contribution is 2.39. The van der Waals surface area contributed by atoms with E-state index in [0.717, 1.165) is 30.1 Å². The predicted octanol–water partition coefficient (Wildman–Crippen LogP) is 3.08. The Morgan fingerprint density at radius 3 is 2.85 bits per heavy atom. The lowest BCUT2D eigenvalue weighted by Gasteiger charge is -2.12. The number of nitrogen functional groups attached to an aromatic ring is 1. The maximum Gasteiger partial charge on any atom is 0.142 e. The summed E-state index contributed by atoms with van der Waals surface area (Å²) in [7, 11) is 0. The van der Waals surface area contributed by atoms with Crippen LogP contribution in [-0.2, 0) is 0 Å². The first-order valence-corrected chi connectivity index (χ1v) is 6.89. The van der Waals surface area contributed by atoms with Crippen LogP contribution in [-0.4, -0.2) is 16.6 Å². The van der Waals surface area contributed by atoms with E-state index in [1.807, 2.05) is 31.2 Å². The molecular formula is C15H18N4O. The fourth-order valence-corrected chi connectivity index (χ4v) is 2.06. The van der Waals surface area contributed by atoms with Gasteiger partial charge in [0.1, 0.15) is 23.2 Å². The van der Waals surface area contributed by atoms with Crippen molar-refractivity contribution in [2.45, 2.75) is 25.7 Å². The summed E-state index contributed by atoms with van der Waals surface area (Å²) < 4.78 is 5.59. The van der Waals surface area contributed by atoms with Crippen LogP contribution in [0.15, 0.2) is 30.3 Å². The molecule has 0 saturated heterocycles. The van der Waals surface area contributed by atoms with Crippen LogP contribution in [0.2, 0.25) is 0 Å². The highest BCUT2D eigenvalue weighted by atomic mass is 16.5. The van der Waals surface area contributed by atoms with Gasteiger partial charge < -0.3 is 15.8 Å². The Labute approximate surface area is 118 Å². The summed E-state index contributed by atoms with van der Waals surface area (Å²) in [6.07, 6.45) is 2.30. The van der Waals surface area contributed by atoms with Gasteiger partial charge >= 0.3 is 0 Å². The lowest BCUT2D eigenvalue weighted by atomic mass is 10.3. The molecule has 0 atom stereocenters. The molecule has 1 aromatic carbocycles. The van der Waals surface area contributed by atoms with Crippen LogP contribution in [0.25, 0.3) is 0 Å². The van der Waals surface area contributed by atoms with Gasteiger partial charge in [-0.3, -0.25) is 0 Å². The average Bonchev–Trinajstić information content (AvgIpc) is 3.25. The molecule has 0 amide bonds. The van der Waals surface area contributed by atoms with Crippen molar-refractivity contribution >= 4 is 17.3 Å². The van der Waals surface area contributed by atoms with Crippen molar-refractivity contribution in [1.82, 2.24) is 9.97 Å². The first-order chi connectivity index (χ1) is 9.76. The average molecular weight is 270 g/mol. The second-order valence-electron chi connectivity index (χ2n) is 4.86. The molecule has 1 saturated carbocycles. The Kier molecular flexibility index (Phi) is 3.41. The van der Waals surface area contributed by atoms with E-state index in [9.17, 15) is 0 Å². The van der Waals surface area contributed by atoms with E-state index in [1.165, 1.54) is 0 Å². The summed E-state index contributed by atoms with van der Waals surface area (Å²) in [5.41, 5.74) is 6.74. The molecule has 0 radical (unpaired) electrons. The van der Waals surface area contributed by atoms with Crippen LogP contribution < -0.4 is 15.8 Å². The zero-order valence-electron chi connectivity index (χ0n) is 11.5. The van der Waals surface area contributed by atoms with Crippen LogP contribution in [0.3, 0.4) is 0 Å². The summed E-state index contributed by atoms with van der Waals surface area (Å²) in [5.74, 6) is 3.33. The molecule has 5 nitrogen and oxygen atoms in total. The van der Waals surface area contributed by atoms with E-state index in [2.05, 4.69) is 15.3 Å². The number of nitrogens with one attached hydrogen (secondary N) is 1. The van der Waals surface area contributed by atoms with E-state index in [0.29, 0.717) is 24.2 Å². The molecule has 104 valence electrons. The Morgan fingerprint density at radius 1 is 1.30 bits per heavy atom. The minimum Gasteiger partial charge on any atom is -0.492 e.